The molecule has 1 aromatic carbocycles. The largest absolute Gasteiger partial charge is 0.470 e. The summed E-state index contributed by atoms with van der Waals surface area (Å²) in [7, 11) is 1.52. The highest BCUT2D eigenvalue weighted by atomic mass is 19.1. The first-order valence-electron chi connectivity index (χ1n) is 12.4. The number of hydrogen-bond donors (Lipinski definition) is 0. The van der Waals surface area contributed by atoms with E-state index in [1.54, 1.807) is 56.0 Å². The molecule has 2 aliphatic rings. The van der Waals surface area contributed by atoms with Gasteiger partial charge in [0.1, 0.15) is 17.5 Å². The van der Waals surface area contributed by atoms with Gasteiger partial charge in [0.15, 0.2) is 13.0 Å². The predicted octanol–water partition coefficient (Wildman–Crippen LogP) is 4.43. The molecule has 2 bridgehead atoms. The lowest BCUT2D eigenvalue weighted by Crippen LogP contribution is -2.57. The highest BCUT2D eigenvalue weighted by molar-refractivity contribution is 5.72. The topological polar surface area (TPSA) is 122 Å². The molecule has 4 heterocycles. The molecule has 2 saturated heterocycles. The molecule has 38 heavy (non-hydrogen) atoms. The molecule has 2 aromatic heterocycles. The average molecular weight is 528 g/mol. The van der Waals surface area contributed by atoms with E-state index in [9.17, 15) is 4.79 Å². The third kappa shape index (κ3) is 5.40. The number of amides is 1. The Hall–Kier alpha value is -3.80. The van der Waals surface area contributed by atoms with Crippen LogP contribution in [0.25, 0.3) is 22.7 Å². The summed E-state index contributed by atoms with van der Waals surface area (Å²) in [4.78, 5) is 14.2. The van der Waals surface area contributed by atoms with Gasteiger partial charge in [0, 0.05) is 36.8 Å². The van der Waals surface area contributed by atoms with Crippen LogP contribution >= 0.6 is 0 Å². The molecule has 3 aromatic rings. The lowest BCUT2D eigenvalue weighted by atomic mass is 9.98. The molecule has 5 rings (SSSR count). The second kappa shape index (κ2) is 10.5. The Bertz CT molecular complexity index is 1250. The Kier molecular flexibility index (Phi) is 7.15. The van der Waals surface area contributed by atoms with Crippen molar-refractivity contribution in [2.45, 2.75) is 70.0 Å². The Morgan fingerprint density at radius 3 is 2.68 bits per heavy atom. The lowest BCUT2D eigenvalue weighted by Gasteiger charge is -2.41. The van der Waals surface area contributed by atoms with Crippen LogP contribution < -0.4 is 9.47 Å². The van der Waals surface area contributed by atoms with Crippen LogP contribution in [0.2, 0.25) is 0 Å². The number of benzene rings is 1. The average Bonchev–Trinajstić information content (AvgIpc) is 3.54. The van der Waals surface area contributed by atoms with E-state index < -0.39 is 30.0 Å². The first-order valence-corrected chi connectivity index (χ1v) is 12.4. The number of rotatable bonds is 7. The van der Waals surface area contributed by atoms with Gasteiger partial charge in [0.05, 0.1) is 11.7 Å². The van der Waals surface area contributed by atoms with E-state index in [2.05, 4.69) is 20.4 Å². The minimum atomic E-state index is -1.37. The number of hydrogen-bond acceptors (Lipinski definition) is 10. The fourth-order valence-electron chi connectivity index (χ4n) is 4.90. The van der Waals surface area contributed by atoms with Crippen molar-refractivity contribution < 1.29 is 32.5 Å². The summed E-state index contributed by atoms with van der Waals surface area (Å²) in [6, 6.07) is 7.99. The van der Waals surface area contributed by atoms with Gasteiger partial charge in [-0.3, -0.25) is 4.90 Å². The summed E-state index contributed by atoms with van der Waals surface area (Å²) >= 11 is 0. The van der Waals surface area contributed by atoms with Crippen LogP contribution in [0.1, 0.15) is 40.0 Å². The van der Waals surface area contributed by atoms with Crippen molar-refractivity contribution in [1.29, 1.82) is 0 Å². The zero-order chi connectivity index (χ0) is 26.9. The second-order valence-corrected chi connectivity index (χ2v) is 10.3. The van der Waals surface area contributed by atoms with E-state index in [1.165, 1.54) is 13.5 Å². The first kappa shape index (κ1) is 25.8. The number of nitrogens with zero attached hydrogens (tertiary/aromatic N) is 5. The molecule has 0 aliphatic carbocycles. The molecule has 2 aliphatic heterocycles. The molecule has 202 valence electrons. The third-order valence-corrected chi connectivity index (χ3v) is 6.49. The zero-order valence-corrected chi connectivity index (χ0v) is 21.7. The minimum absolute atomic E-state index is 0.0249. The third-order valence-electron chi connectivity index (χ3n) is 6.49. The van der Waals surface area contributed by atoms with E-state index in [0.717, 1.165) is 0 Å². The number of piperidine rings is 1. The Labute approximate surface area is 219 Å². The van der Waals surface area contributed by atoms with Crippen molar-refractivity contribution in [1.82, 2.24) is 25.3 Å². The number of aromatic nitrogens is 4. The van der Waals surface area contributed by atoms with E-state index in [-0.39, 0.29) is 18.7 Å². The smallest absolute Gasteiger partial charge is 0.410 e. The molecule has 0 saturated carbocycles. The summed E-state index contributed by atoms with van der Waals surface area (Å²) in [6.07, 6.45) is 0.295. The molecular formula is C26H30FN5O6. The molecule has 0 unspecified atom stereocenters. The minimum Gasteiger partial charge on any atom is -0.470 e. The van der Waals surface area contributed by atoms with Gasteiger partial charge in [-0.25, -0.2) is 9.18 Å². The number of alkyl halides is 1. The molecule has 11 nitrogen and oxygen atoms in total. The maximum atomic E-state index is 15.5. The molecule has 4 atom stereocenters. The first-order chi connectivity index (χ1) is 18.2. The van der Waals surface area contributed by atoms with Crippen molar-refractivity contribution in [3.8, 4) is 34.3 Å². The van der Waals surface area contributed by atoms with Crippen molar-refractivity contribution in [3.63, 3.8) is 0 Å². The summed E-state index contributed by atoms with van der Waals surface area (Å²) in [5.41, 5.74) is 1.22. The van der Waals surface area contributed by atoms with Gasteiger partial charge < -0.3 is 23.4 Å². The van der Waals surface area contributed by atoms with Crippen LogP contribution in [0.15, 0.2) is 41.1 Å². The maximum absolute atomic E-state index is 15.5. The van der Waals surface area contributed by atoms with Crippen molar-refractivity contribution in [2.75, 3.05) is 13.9 Å². The SMILES string of the molecule is COCOc1cc(-c2nnco2)ccc1-c1ccc(O[C@H]2C[C@@H]3CC[C@H]([C@H]2F)N3C(=O)OC(C)(C)C)nn1. The van der Waals surface area contributed by atoms with Crippen LogP contribution in [0.5, 0.6) is 11.6 Å². The Morgan fingerprint density at radius 1 is 1.16 bits per heavy atom. The normalized spacial score (nSPS) is 22.8. The Balaban J connectivity index is 1.29. The van der Waals surface area contributed by atoms with Crippen molar-refractivity contribution >= 4 is 6.09 Å². The van der Waals surface area contributed by atoms with Gasteiger partial charge >= 0.3 is 6.09 Å². The summed E-state index contributed by atoms with van der Waals surface area (Å²) in [6.45, 7) is 5.42. The van der Waals surface area contributed by atoms with Crippen LogP contribution in [-0.4, -0.2) is 75.3 Å². The number of ether oxygens (including phenoxy) is 4. The number of carbonyl (C=O) groups is 1. The highest BCUT2D eigenvalue weighted by Crippen LogP contribution is 2.40. The number of fused-ring (bicyclic) bond motifs is 2. The molecule has 0 N–H and O–H groups in total. The lowest BCUT2D eigenvalue weighted by molar-refractivity contribution is -0.0412. The van der Waals surface area contributed by atoms with E-state index in [1.807, 2.05) is 0 Å². The van der Waals surface area contributed by atoms with Gasteiger partial charge in [-0.1, -0.05) is 0 Å². The van der Waals surface area contributed by atoms with Crippen LogP contribution in [-0.2, 0) is 9.47 Å². The van der Waals surface area contributed by atoms with E-state index in [0.29, 0.717) is 47.7 Å². The predicted molar refractivity (Wildman–Crippen MR) is 132 cm³/mol. The second-order valence-electron chi connectivity index (χ2n) is 10.3. The number of methoxy groups -OCH3 is 1. The molecule has 12 heteroatoms. The number of halogens is 1. The summed E-state index contributed by atoms with van der Waals surface area (Å²) < 4.78 is 43.0. The van der Waals surface area contributed by atoms with Gasteiger partial charge in [0.25, 0.3) is 0 Å². The molecule has 0 spiro atoms. The molecule has 0 radical (unpaired) electrons. The van der Waals surface area contributed by atoms with Crippen molar-refractivity contribution in [2.24, 2.45) is 0 Å². The monoisotopic (exact) mass is 527 g/mol. The van der Waals surface area contributed by atoms with Gasteiger partial charge in [-0.05, 0) is 57.9 Å². The number of carbonyl (C=O) groups excluding carboxylic acids is 1. The van der Waals surface area contributed by atoms with Gasteiger partial charge in [-0.2, -0.15) is 0 Å². The zero-order valence-electron chi connectivity index (χ0n) is 21.7. The van der Waals surface area contributed by atoms with Crippen molar-refractivity contribution in [3.05, 3.63) is 36.7 Å². The fraction of sp³-hybridized carbons (Fsp3) is 0.500. The maximum Gasteiger partial charge on any atom is 0.410 e. The van der Waals surface area contributed by atoms with E-state index >= 15 is 4.39 Å². The van der Waals surface area contributed by atoms with Gasteiger partial charge in [-0.15, -0.1) is 20.4 Å². The standard InChI is InChI=1S/C26H30FN5O6/c1-26(2,3)38-25(33)32-16-6-9-19(32)23(27)21(12-16)37-22-10-8-18(29-30-22)17-7-5-15(24-31-28-13-35-24)11-20(17)36-14-34-4/h5,7-8,10-11,13,16,19,21,23H,6,9,12,14H2,1-4H3/t16-,19+,21-,23+/m0/s1. The van der Waals surface area contributed by atoms with Crippen LogP contribution in [0, 0.1) is 0 Å². The summed E-state index contributed by atoms with van der Waals surface area (Å²) in [5, 5.41) is 16.1. The van der Waals surface area contributed by atoms with Gasteiger partial charge in [0.2, 0.25) is 18.2 Å². The summed E-state index contributed by atoms with van der Waals surface area (Å²) in [5.74, 6) is 1.04. The highest BCUT2D eigenvalue weighted by Gasteiger charge is 2.52. The molecule has 1 amide bonds. The Morgan fingerprint density at radius 2 is 2.00 bits per heavy atom. The fourth-order valence-corrected chi connectivity index (χ4v) is 4.90. The van der Waals surface area contributed by atoms with Crippen LogP contribution in [0.4, 0.5) is 9.18 Å². The quantitative estimate of drug-likeness (QED) is 0.408. The molecule has 2 fully saturated rings. The van der Waals surface area contributed by atoms with E-state index in [4.69, 9.17) is 23.4 Å². The van der Waals surface area contributed by atoms with Crippen LogP contribution in [0.3, 0.4) is 0 Å². The molecular weight excluding hydrogens is 497 g/mol.